The molecule has 0 saturated carbocycles. The number of carbonyl (C=O) groups excluding carboxylic acids is 1. The van der Waals surface area contributed by atoms with Gasteiger partial charge in [0.15, 0.2) is 9.84 Å². The first-order chi connectivity index (χ1) is 12.1. The van der Waals surface area contributed by atoms with Gasteiger partial charge in [-0.1, -0.05) is 11.6 Å². The lowest BCUT2D eigenvalue weighted by atomic mass is 10.1. The van der Waals surface area contributed by atoms with Crippen molar-refractivity contribution in [1.82, 2.24) is 0 Å². The fourth-order valence-corrected chi connectivity index (χ4v) is 4.76. The van der Waals surface area contributed by atoms with Crippen molar-refractivity contribution in [2.75, 3.05) is 11.6 Å². The lowest BCUT2D eigenvalue weighted by molar-refractivity contribution is -0.143. The number of hydrogen-bond donors (Lipinski definition) is 1. The van der Waals surface area contributed by atoms with Crippen LogP contribution in [0.3, 0.4) is 0 Å². The molecule has 0 aliphatic carbocycles. The van der Waals surface area contributed by atoms with Crippen molar-refractivity contribution < 1.29 is 39.6 Å². The third-order valence-corrected chi connectivity index (χ3v) is 6.02. The van der Waals surface area contributed by atoms with Gasteiger partial charge < -0.3 is 5.32 Å². The maximum absolute atomic E-state index is 12.8. The molecule has 0 aliphatic rings. The smallest absolute Gasteiger partial charge is 0.321 e. The average molecular weight is 452 g/mol. The van der Waals surface area contributed by atoms with Gasteiger partial charge in [0.25, 0.3) is 5.91 Å². The lowest BCUT2D eigenvalue weighted by Crippen LogP contribution is -2.15. The van der Waals surface area contributed by atoms with Gasteiger partial charge in [0.05, 0.1) is 21.0 Å². The van der Waals surface area contributed by atoms with E-state index >= 15 is 0 Å². The van der Waals surface area contributed by atoms with Crippen LogP contribution in [0, 0.1) is 0 Å². The summed E-state index contributed by atoms with van der Waals surface area (Å²) in [4.78, 5) is 11.4. The molecule has 0 spiro atoms. The van der Waals surface area contributed by atoms with Crippen LogP contribution in [0.4, 0.5) is 32.0 Å². The van der Waals surface area contributed by atoms with Gasteiger partial charge in [-0.05, 0) is 18.2 Å². The van der Waals surface area contributed by atoms with Gasteiger partial charge in [-0.2, -0.15) is 26.3 Å². The highest BCUT2D eigenvalue weighted by molar-refractivity contribution is 7.91. The predicted molar refractivity (Wildman–Crippen MR) is 86.8 cm³/mol. The Bertz CT molecular complexity index is 963. The van der Waals surface area contributed by atoms with E-state index in [4.69, 9.17) is 11.6 Å². The van der Waals surface area contributed by atoms with Crippen LogP contribution in [-0.2, 0) is 22.2 Å². The minimum atomic E-state index is -5.08. The van der Waals surface area contributed by atoms with Gasteiger partial charge in [-0.15, -0.1) is 11.3 Å². The number of benzene rings is 1. The summed E-state index contributed by atoms with van der Waals surface area (Å²) in [6, 6.07) is 0.563. The van der Waals surface area contributed by atoms with E-state index in [2.05, 4.69) is 0 Å². The maximum Gasteiger partial charge on any atom is 0.416 e. The molecule has 0 atom stereocenters. The fraction of sp³-hybridized carbons (Fsp3) is 0.214. The molecule has 1 heterocycles. The normalized spacial score (nSPS) is 12.9. The van der Waals surface area contributed by atoms with Crippen molar-refractivity contribution >= 4 is 44.4 Å². The summed E-state index contributed by atoms with van der Waals surface area (Å²) in [6.45, 7) is 0. The molecule has 2 rings (SSSR count). The maximum atomic E-state index is 12.8. The zero-order valence-electron chi connectivity index (χ0n) is 13.0. The molecule has 0 radical (unpaired) electrons. The third kappa shape index (κ3) is 4.93. The first kappa shape index (κ1) is 21.5. The summed E-state index contributed by atoms with van der Waals surface area (Å²) in [5, 5.41) is 2.45. The second-order valence-electron chi connectivity index (χ2n) is 5.26. The van der Waals surface area contributed by atoms with Crippen LogP contribution in [0.25, 0.3) is 0 Å². The summed E-state index contributed by atoms with van der Waals surface area (Å²) >= 11 is 6.37. The minimum absolute atomic E-state index is 0.0878. The quantitative estimate of drug-likeness (QED) is 0.661. The zero-order valence-corrected chi connectivity index (χ0v) is 15.4. The second kappa shape index (κ2) is 6.99. The number of thiophene rings is 1. The van der Waals surface area contributed by atoms with Gasteiger partial charge in [-0.3, -0.25) is 4.79 Å². The Balaban J connectivity index is 2.45. The van der Waals surface area contributed by atoms with Crippen molar-refractivity contribution in [2.24, 2.45) is 0 Å². The number of amides is 1. The van der Waals surface area contributed by atoms with E-state index in [9.17, 15) is 39.6 Å². The molecule has 2 aromatic rings. The van der Waals surface area contributed by atoms with Crippen molar-refractivity contribution in [3.8, 4) is 0 Å². The van der Waals surface area contributed by atoms with E-state index in [0.29, 0.717) is 23.5 Å². The highest BCUT2D eigenvalue weighted by atomic mass is 35.5. The van der Waals surface area contributed by atoms with Crippen LogP contribution in [-0.4, -0.2) is 20.6 Å². The van der Waals surface area contributed by atoms with Gasteiger partial charge >= 0.3 is 12.4 Å². The van der Waals surface area contributed by atoms with E-state index in [1.165, 1.54) is 0 Å². The van der Waals surface area contributed by atoms with Gasteiger partial charge in [0, 0.05) is 17.3 Å². The minimum Gasteiger partial charge on any atom is -0.321 e. The van der Waals surface area contributed by atoms with Crippen LogP contribution in [0.15, 0.2) is 28.5 Å². The van der Waals surface area contributed by atoms with Gasteiger partial charge in [-0.25, -0.2) is 8.42 Å². The summed E-state index contributed by atoms with van der Waals surface area (Å²) in [5.41, 5.74) is -3.99. The van der Waals surface area contributed by atoms with Crippen LogP contribution in [0.2, 0.25) is 5.02 Å². The molecule has 1 N–H and O–H groups in total. The molecule has 4 nitrogen and oxygen atoms in total. The Hall–Kier alpha value is -1.79. The van der Waals surface area contributed by atoms with E-state index in [-0.39, 0.29) is 15.8 Å². The van der Waals surface area contributed by atoms with Crippen LogP contribution in [0.1, 0.15) is 20.8 Å². The molecule has 27 heavy (non-hydrogen) atoms. The molecular weight excluding hydrogens is 444 g/mol. The van der Waals surface area contributed by atoms with Crippen molar-refractivity contribution in [3.63, 3.8) is 0 Å². The molecular formula is C14H8ClF6NO3S2. The number of anilines is 1. The SMILES string of the molecule is CS(=O)(=O)c1csc(C(=O)Nc2cc(C(F)(F)F)cc(C(F)(F)F)c2)c1Cl. The van der Waals surface area contributed by atoms with Crippen molar-refractivity contribution in [3.05, 3.63) is 44.6 Å². The molecule has 148 valence electrons. The van der Waals surface area contributed by atoms with E-state index in [0.717, 1.165) is 11.6 Å². The Morgan fingerprint density at radius 1 is 1.04 bits per heavy atom. The lowest BCUT2D eigenvalue weighted by Gasteiger charge is -2.14. The van der Waals surface area contributed by atoms with E-state index < -0.39 is 49.9 Å². The zero-order chi connectivity index (χ0) is 20.8. The summed E-state index contributed by atoms with van der Waals surface area (Å²) in [5.74, 6) is -1.15. The molecule has 0 unspecified atom stereocenters. The van der Waals surface area contributed by atoms with Gasteiger partial charge in [0.2, 0.25) is 0 Å². The Labute approximate surface area is 157 Å². The first-order valence-corrected chi connectivity index (χ1v) is 9.83. The summed E-state index contributed by atoms with van der Waals surface area (Å²) < 4.78 is 100.0. The van der Waals surface area contributed by atoms with Crippen molar-refractivity contribution in [1.29, 1.82) is 0 Å². The fourth-order valence-electron chi connectivity index (χ4n) is 1.95. The van der Waals surface area contributed by atoms with E-state index in [1.54, 1.807) is 0 Å². The monoisotopic (exact) mass is 451 g/mol. The van der Waals surface area contributed by atoms with Crippen LogP contribution < -0.4 is 5.32 Å². The molecule has 0 bridgehead atoms. The molecule has 0 aliphatic heterocycles. The third-order valence-electron chi connectivity index (χ3n) is 3.15. The molecule has 1 aromatic heterocycles. The Morgan fingerprint density at radius 3 is 1.89 bits per heavy atom. The highest BCUT2D eigenvalue weighted by Crippen LogP contribution is 2.38. The van der Waals surface area contributed by atoms with Gasteiger partial charge in [0.1, 0.15) is 4.88 Å². The molecule has 13 heteroatoms. The number of alkyl halides is 6. The number of carbonyl (C=O) groups is 1. The summed E-state index contributed by atoms with van der Waals surface area (Å²) in [7, 11) is -3.77. The van der Waals surface area contributed by atoms with Crippen LogP contribution >= 0.6 is 22.9 Å². The summed E-state index contributed by atoms with van der Waals surface area (Å²) in [6.07, 6.45) is -9.33. The number of rotatable bonds is 3. The first-order valence-electron chi connectivity index (χ1n) is 6.68. The molecule has 1 amide bonds. The van der Waals surface area contributed by atoms with Crippen LogP contribution in [0.5, 0.6) is 0 Å². The van der Waals surface area contributed by atoms with Crippen molar-refractivity contribution in [2.45, 2.75) is 17.2 Å². The number of nitrogens with one attached hydrogen (secondary N) is 1. The second-order valence-corrected chi connectivity index (χ2v) is 8.51. The number of hydrogen-bond acceptors (Lipinski definition) is 4. The molecule has 0 fully saturated rings. The topological polar surface area (TPSA) is 63.2 Å². The van der Waals surface area contributed by atoms with E-state index in [1.807, 2.05) is 5.32 Å². The molecule has 0 saturated heterocycles. The average Bonchev–Trinajstić information content (AvgIpc) is 2.87. The number of sulfone groups is 1. The highest BCUT2D eigenvalue weighted by Gasteiger charge is 2.37. The molecule has 1 aromatic carbocycles. The predicted octanol–water partition coefficient (Wildman–Crippen LogP) is 5.09. The Morgan fingerprint density at radius 2 is 1.52 bits per heavy atom. The largest absolute Gasteiger partial charge is 0.416 e. The Kier molecular flexibility index (Phi) is 5.56. The standard InChI is InChI=1S/C14H8ClF6NO3S2/c1-27(24,25)9-5-26-11(10(9)15)12(23)22-8-3-6(13(16,17)18)2-7(4-8)14(19,20)21/h2-5H,1H3,(H,22,23). The number of halogens is 7.